The second-order valence-corrected chi connectivity index (χ2v) is 5.53. The molecule has 0 spiro atoms. The third-order valence-corrected chi connectivity index (χ3v) is 3.64. The number of hydrogen-bond acceptors (Lipinski definition) is 3. The first kappa shape index (κ1) is 15.8. The Balaban J connectivity index is 1.87. The predicted octanol–water partition coefficient (Wildman–Crippen LogP) is 4.10. The van der Waals surface area contributed by atoms with Gasteiger partial charge in [-0.2, -0.15) is 5.10 Å². The van der Waals surface area contributed by atoms with Crippen LogP contribution in [0.1, 0.15) is 17.8 Å². The molecule has 0 aliphatic rings. The number of aromatic amines is 1. The number of benzene rings is 1. The lowest BCUT2D eigenvalue weighted by atomic mass is 10.2. The van der Waals surface area contributed by atoms with E-state index < -0.39 is 0 Å². The van der Waals surface area contributed by atoms with E-state index >= 15 is 0 Å². The molecule has 0 radical (unpaired) electrons. The molecule has 0 fully saturated rings. The van der Waals surface area contributed by atoms with Gasteiger partial charge >= 0.3 is 0 Å². The van der Waals surface area contributed by atoms with E-state index in [0.717, 1.165) is 35.0 Å². The summed E-state index contributed by atoms with van der Waals surface area (Å²) >= 11 is 11.1. The molecule has 0 saturated heterocycles. The van der Waals surface area contributed by atoms with Crippen LogP contribution in [0.3, 0.4) is 0 Å². The quantitative estimate of drug-likeness (QED) is 0.474. The molecule has 2 rings (SSSR count). The molecule has 4 nitrogen and oxygen atoms in total. The molecule has 2 aromatic rings. The van der Waals surface area contributed by atoms with E-state index in [2.05, 4.69) is 16.8 Å². The van der Waals surface area contributed by atoms with Crippen LogP contribution in [0.25, 0.3) is 0 Å². The van der Waals surface area contributed by atoms with Gasteiger partial charge < -0.3 is 9.30 Å². The van der Waals surface area contributed by atoms with E-state index in [4.69, 9.17) is 28.6 Å². The third-order valence-electron chi connectivity index (χ3n) is 3.09. The van der Waals surface area contributed by atoms with Crippen molar-refractivity contribution in [3.05, 3.63) is 52.0 Å². The zero-order chi connectivity index (χ0) is 15.2. The maximum Gasteiger partial charge on any atom is 0.195 e. The summed E-state index contributed by atoms with van der Waals surface area (Å²) in [6, 6.07) is 5.62. The summed E-state index contributed by atoms with van der Waals surface area (Å²) in [6.07, 6.45) is 3.47. The molecule has 1 aromatic heterocycles. The van der Waals surface area contributed by atoms with Gasteiger partial charge in [-0.3, -0.25) is 5.10 Å². The minimum atomic E-state index is 0.621. The van der Waals surface area contributed by atoms with Crippen LogP contribution >= 0.6 is 23.8 Å². The van der Waals surface area contributed by atoms with Crippen molar-refractivity contribution in [2.75, 3.05) is 6.61 Å². The Morgan fingerprint density at radius 1 is 1.52 bits per heavy atom. The number of nitrogens with one attached hydrogen (secondary N) is 1. The summed E-state index contributed by atoms with van der Waals surface area (Å²) in [5.41, 5.74) is 1.04. The minimum absolute atomic E-state index is 0.621. The molecule has 6 heteroatoms. The van der Waals surface area contributed by atoms with Gasteiger partial charge in [-0.15, -0.1) is 6.58 Å². The molecule has 0 unspecified atom stereocenters. The van der Waals surface area contributed by atoms with Gasteiger partial charge in [-0.05, 0) is 49.3 Å². The summed E-state index contributed by atoms with van der Waals surface area (Å²) in [6.45, 7) is 7.00. The van der Waals surface area contributed by atoms with E-state index in [-0.39, 0.29) is 0 Å². The van der Waals surface area contributed by atoms with E-state index in [1.807, 2.05) is 35.8 Å². The molecule has 1 heterocycles. The summed E-state index contributed by atoms with van der Waals surface area (Å²) in [5, 5.41) is 7.76. The Bertz CT molecular complexity index is 678. The van der Waals surface area contributed by atoms with Gasteiger partial charge in [-0.25, -0.2) is 0 Å². The molecule has 0 saturated carbocycles. The van der Waals surface area contributed by atoms with Gasteiger partial charge in [-0.1, -0.05) is 17.7 Å². The van der Waals surface area contributed by atoms with Crippen molar-refractivity contribution in [3.8, 4) is 5.75 Å². The molecule has 0 aliphatic heterocycles. The van der Waals surface area contributed by atoms with E-state index in [1.54, 1.807) is 0 Å². The van der Waals surface area contributed by atoms with E-state index in [1.165, 1.54) is 0 Å². The second-order valence-electron chi connectivity index (χ2n) is 4.71. The summed E-state index contributed by atoms with van der Waals surface area (Å²) < 4.78 is 8.33. The lowest BCUT2D eigenvalue weighted by Crippen LogP contribution is -2.06. The van der Waals surface area contributed by atoms with Crippen molar-refractivity contribution in [1.29, 1.82) is 0 Å². The first-order valence-electron chi connectivity index (χ1n) is 6.75. The van der Waals surface area contributed by atoms with Crippen LogP contribution < -0.4 is 4.74 Å². The highest BCUT2D eigenvalue weighted by atomic mass is 35.5. The first-order chi connectivity index (χ1) is 10.1. The molecule has 112 valence electrons. The number of allylic oxidation sites excluding steroid dienone is 1. The Kier molecular flexibility index (Phi) is 5.59. The van der Waals surface area contributed by atoms with Crippen LogP contribution in [-0.4, -0.2) is 21.4 Å². The van der Waals surface area contributed by atoms with Crippen molar-refractivity contribution < 1.29 is 4.74 Å². The van der Waals surface area contributed by atoms with Gasteiger partial charge in [0.1, 0.15) is 11.6 Å². The lowest BCUT2D eigenvalue weighted by Gasteiger charge is -2.09. The molecule has 1 aromatic carbocycles. The van der Waals surface area contributed by atoms with Crippen LogP contribution in [0.2, 0.25) is 5.02 Å². The highest BCUT2D eigenvalue weighted by Gasteiger charge is 2.05. The minimum Gasteiger partial charge on any atom is -0.493 e. The summed E-state index contributed by atoms with van der Waals surface area (Å²) in [7, 11) is 0. The fraction of sp³-hybridized carbons (Fsp3) is 0.333. The van der Waals surface area contributed by atoms with Gasteiger partial charge in [0.15, 0.2) is 4.77 Å². The van der Waals surface area contributed by atoms with Crippen LogP contribution in [0.15, 0.2) is 30.9 Å². The number of halogens is 1. The van der Waals surface area contributed by atoms with Gasteiger partial charge in [0, 0.05) is 18.0 Å². The van der Waals surface area contributed by atoms with Crippen LogP contribution in [0.5, 0.6) is 5.75 Å². The number of nitrogens with zero attached hydrogens (tertiary/aromatic N) is 2. The third kappa shape index (κ3) is 4.19. The lowest BCUT2D eigenvalue weighted by molar-refractivity contribution is 0.307. The second kappa shape index (κ2) is 7.43. The maximum absolute atomic E-state index is 5.92. The van der Waals surface area contributed by atoms with Crippen molar-refractivity contribution in [2.24, 2.45) is 0 Å². The molecule has 0 bridgehead atoms. The molecule has 0 aliphatic carbocycles. The molecule has 0 amide bonds. The van der Waals surface area contributed by atoms with E-state index in [9.17, 15) is 0 Å². The Labute approximate surface area is 134 Å². The normalized spacial score (nSPS) is 10.6. The average Bonchev–Trinajstić information content (AvgIpc) is 2.79. The first-order valence-corrected chi connectivity index (χ1v) is 7.54. The van der Waals surface area contributed by atoms with Crippen molar-refractivity contribution in [3.63, 3.8) is 0 Å². The van der Waals surface area contributed by atoms with Crippen LogP contribution in [0, 0.1) is 11.7 Å². The standard InChI is InChI=1S/C15H18ClN3OS/c1-3-8-19-14(17-18-15(19)21)5-4-9-20-13-7-6-12(16)10-11(13)2/h3,6-7,10H,1,4-5,8-9H2,2H3,(H,18,21). The fourth-order valence-electron chi connectivity index (χ4n) is 2.05. The number of aryl methyl sites for hydroxylation is 2. The van der Waals surface area contributed by atoms with Crippen molar-refractivity contribution in [1.82, 2.24) is 14.8 Å². The zero-order valence-electron chi connectivity index (χ0n) is 11.9. The number of aromatic nitrogens is 3. The average molecular weight is 324 g/mol. The molecule has 21 heavy (non-hydrogen) atoms. The van der Waals surface area contributed by atoms with Crippen LogP contribution in [-0.2, 0) is 13.0 Å². The number of ether oxygens (including phenoxy) is 1. The smallest absolute Gasteiger partial charge is 0.195 e. The van der Waals surface area contributed by atoms with Crippen molar-refractivity contribution >= 4 is 23.8 Å². The fourth-order valence-corrected chi connectivity index (χ4v) is 2.50. The van der Waals surface area contributed by atoms with E-state index in [0.29, 0.717) is 17.9 Å². The summed E-state index contributed by atoms with van der Waals surface area (Å²) in [4.78, 5) is 0. The molecule has 0 atom stereocenters. The largest absolute Gasteiger partial charge is 0.493 e. The Morgan fingerprint density at radius 3 is 3.05 bits per heavy atom. The van der Waals surface area contributed by atoms with Gasteiger partial charge in [0.2, 0.25) is 0 Å². The highest BCUT2D eigenvalue weighted by Crippen LogP contribution is 2.21. The number of H-pyrrole nitrogens is 1. The molecular formula is C15H18ClN3OS. The van der Waals surface area contributed by atoms with Crippen LogP contribution in [0.4, 0.5) is 0 Å². The molecule has 1 N–H and O–H groups in total. The van der Waals surface area contributed by atoms with Crippen molar-refractivity contribution in [2.45, 2.75) is 26.3 Å². The predicted molar refractivity (Wildman–Crippen MR) is 87.6 cm³/mol. The Morgan fingerprint density at radius 2 is 2.33 bits per heavy atom. The monoisotopic (exact) mass is 323 g/mol. The molecular weight excluding hydrogens is 306 g/mol. The maximum atomic E-state index is 5.92. The van der Waals surface area contributed by atoms with Gasteiger partial charge in [0.25, 0.3) is 0 Å². The number of hydrogen-bond donors (Lipinski definition) is 1. The topological polar surface area (TPSA) is 42.8 Å². The highest BCUT2D eigenvalue weighted by molar-refractivity contribution is 7.71. The number of rotatable bonds is 7. The van der Waals surface area contributed by atoms with Gasteiger partial charge in [0.05, 0.1) is 6.61 Å². The summed E-state index contributed by atoms with van der Waals surface area (Å²) in [5.74, 6) is 1.79. The Hall–Kier alpha value is -1.59. The SMILES string of the molecule is C=CCn1c(CCCOc2ccc(Cl)cc2C)n[nH]c1=S. The zero-order valence-corrected chi connectivity index (χ0v) is 13.5.